The maximum atomic E-state index is 12.6. The maximum Gasteiger partial charge on any atom is 0.222 e. The monoisotopic (exact) mass is 354 g/mol. The van der Waals surface area contributed by atoms with E-state index in [0.717, 1.165) is 17.7 Å². The van der Waals surface area contributed by atoms with Gasteiger partial charge in [-0.15, -0.1) is 11.8 Å². The van der Waals surface area contributed by atoms with Crippen molar-refractivity contribution in [1.29, 1.82) is 0 Å². The van der Waals surface area contributed by atoms with E-state index in [4.69, 9.17) is 0 Å². The summed E-state index contributed by atoms with van der Waals surface area (Å²) < 4.78 is 0. The molecular weight excluding hydrogens is 332 g/mol. The van der Waals surface area contributed by atoms with Crippen molar-refractivity contribution in [3.05, 3.63) is 65.7 Å². The minimum absolute atomic E-state index is 0.0405. The van der Waals surface area contributed by atoms with Gasteiger partial charge in [-0.2, -0.15) is 0 Å². The second kappa shape index (κ2) is 8.21. The molecule has 4 nitrogen and oxygen atoms in total. The highest BCUT2D eigenvalue weighted by molar-refractivity contribution is 7.99. The third-order valence-corrected chi connectivity index (χ3v) is 5.39. The number of amides is 2. The molecular formula is C20H22N2O2S. The van der Waals surface area contributed by atoms with Gasteiger partial charge < -0.3 is 10.6 Å². The minimum Gasteiger partial charge on any atom is -0.349 e. The molecule has 0 bridgehead atoms. The molecule has 1 aliphatic rings. The van der Waals surface area contributed by atoms with Crippen LogP contribution in [0.1, 0.15) is 43.0 Å². The van der Waals surface area contributed by atoms with Crippen LogP contribution in [0.4, 0.5) is 0 Å². The number of fused-ring (bicyclic) bond motifs is 1. The largest absolute Gasteiger partial charge is 0.349 e. The first kappa shape index (κ1) is 17.5. The van der Waals surface area contributed by atoms with Crippen LogP contribution in [-0.2, 0) is 9.59 Å². The third-order valence-electron chi connectivity index (χ3n) is 4.26. The molecule has 0 aliphatic carbocycles. The van der Waals surface area contributed by atoms with Crippen LogP contribution in [0.15, 0.2) is 59.5 Å². The van der Waals surface area contributed by atoms with Gasteiger partial charge in [0.2, 0.25) is 11.8 Å². The Balaban J connectivity index is 1.69. The lowest BCUT2D eigenvalue weighted by Crippen LogP contribution is -2.35. The zero-order valence-electron chi connectivity index (χ0n) is 14.2. The molecule has 130 valence electrons. The summed E-state index contributed by atoms with van der Waals surface area (Å²) in [6.45, 7) is 1.47. The smallest absolute Gasteiger partial charge is 0.222 e. The van der Waals surface area contributed by atoms with Gasteiger partial charge in [0.05, 0.1) is 18.5 Å². The molecule has 2 aromatic rings. The van der Waals surface area contributed by atoms with E-state index in [-0.39, 0.29) is 30.3 Å². The molecule has 25 heavy (non-hydrogen) atoms. The number of thioether (sulfide) groups is 1. The lowest BCUT2D eigenvalue weighted by Gasteiger charge is -2.27. The van der Waals surface area contributed by atoms with Crippen LogP contribution in [0.5, 0.6) is 0 Å². The number of carbonyl (C=O) groups excluding carboxylic acids is 2. The van der Waals surface area contributed by atoms with Gasteiger partial charge in [0.1, 0.15) is 0 Å². The van der Waals surface area contributed by atoms with Crippen LogP contribution in [-0.4, -0.2) is 17.6 Å². The van der Waals surface area contributed by atoms with Gasteiger partial charge in [0.25, 0.3) is 0 Å². The fraction of sp³-hybridized carbons (Fsp3) is 0.300. The van der Waals surface area contributed by atoms with E-state index in [1.807, 2.05) is 54.2 Å². The van der Waals surface area contributed by atoms with E-state index in [9.17, 15) is 9.59 Å². The second-order valence-electron chi connectivity index (χ2n) is 6.16. The van der Waals surface area contributed by atoms with Gasteiger partial charge in [-0.25, -0.2) is 0 Å². The van der Waals surface area contributed by atoms with E-state index >= 15 is 0 Å². The first-order valence-corrected chi connectivity index (χ1v) is 9.45. The van der Waals surface area contributed by atoms with Gasteiger partial charge in [0, 0.05) is 17.6 Å². The van der Waals surface area contributed by atoms with Crippen molar-refractivity contribution in [2.75, 3.05) is 5.75 Å². The van der Waals surface area contributed by atoms with E-state index < -0.39 is 0 Å². The van der Waals surface area contributed by atoms with Gasteiger partial charge in [-0.3, -0.25) is 9.59 Å². The molecule has 1 aliphatic heterocycles. The van der Waals surface area contributed by atoms with Crippen LogP contribution in [0.25, 0.3) is 0 Å². The first-order valence-electron chi connectivity index (χ1n) is 8.46. The number of hydrogen-bond donors (Lipinski definition) is 2. The summed E-state index contributed by atoms with van der Waals surface area (Å²) in [6, 6.07) is 17.5. The van der Waals surface area contributed by atoms with Crippen LogP contribution >= 0.6 is 11.8 Å². The highest BCUT2D eigenvalue weighted by Gasteiger charge is 2.24. The van der Waals surface area contributed by atoms with Crippen molar-refractivity contribution in [3.8, 4) is 0 Å². The molecule has 0 fully saturated rings. The second-order valence-corrected chi connectivity index (χ2v) is 7.30. The average molecular weight is 354 g/mol. The van der Waals surface area contributed by atoms with E-state index in [1.165, 1.54) is 17.4 Å². The molecule has 2 amide bonds. The van der Waals surface area contributed by atoms with Gasteiger partial charge in [-0.05, 0) is 23.6 Å². The van der Waals surface area contributed by atoms with E-state index in [2.05, 4.69) is 22.8 Å². The Morgan fingerprint density at radius 1 is 1.12 bits per heavy atom. The van der Waals surface area contributed by atoms with Crippen molar-refractivity contribution in [1.82, 2.24) is 10.6 Å². The lowest BCUT2D eigenvalue weighted by atomic mass is 10.0. The van der Waals surface area contributed by atoms with Crippen LogP contribution in [0, 0.1) is 0 Å². The number of benzene rings is 2. The average Bonchev–Trinajstić information content (AvgIpc) is 2.62. The Labute approximate surface area is 152 Å². The molecule has 0 radical (unpaired) electrons. The maximum absolute atomic E-state index is 12.6. The Bertz CT molecular complexity index is 748. The molecule has 2 N–H and O–H groups in total. The zero-order valence-corrected chi connectivity index (χ0v) is 15.0. The number of hydrogen-bond acceptors (Lipinski definition) is 3. The van der Waals surface area contributed by atoms with Crippen LogP contribution in [0.3, 0.4) is 0 Å². The Kier molecular flexibility index (Phi) is 5.76. The summed E-state index contributed by atoms with van der Waals surface area (Å²) in [7, 11) is 0. The van der Waals surface area contributed by atoms with Crippen LogP contribution < -0.4 is 10.6 Å². The molecule has 5 heteroatoms. The zero-order chi connectivity index (χ0) is 17.6. The Hall–Kier alpha value is -2.27. The highest BCUT2D eigenvalue weighted by Crippen LogP contribution is 2.35. The molecule has 0 aromatic heterocycles. The fourth-order valence-corrected chi connectivity index (χ4v) is 4.24. The molecule has 1 heterocycles. The summed E-state index contributed by atoms with van der Waals surface area (Å²) in [5.74, 6) is 0.811. The molecule has 3 rings (SSSR count). The molecule has 2 aromatic carbocycles. The van der Waals surface area contributed by atoms with Gasteiger partial charge >= 0.3 is 0 Å². The lowest BCUT2D eigenvalue weighted by molar-refractivity contribution is -0.123. The van der Waals surface area contributed by atoms with Crippen LogP contribution in [0.2, 0.25) is 0 Å². The minimum atomic E-state index is -0.313. The summed E-state index contributed by atoms with van der Waals surface area (Å²) in [5, 5.41) is 6.02. The Morgan fingerprint density at radius 2 is 1.84 bits per heavy atom. The number of nitrogens with one attached hydrogen (secondary N) is 2. The van der Waals surface area contributed by atoms with Crippen molar-refractivity contribution in [2.24, 2.45) is 0 Å². The van der Waals surface area contributed by atoms with E-state index in [1.54, 1.807) is 0 Å². The van der Waals surface area contributed by atoms with E-state index in [0.29, 0.717) is 0 Å². The highest BCUT2D eigenvalue weighted by atomic mass is 32.2. The summed E-state index contributed by atoms with van der Waals surface area (Å²) >= 11 is 1.83. The quantitative estimate of drug-likeness (QED) is 0.862. The predicted octanol–water partition coefficient (Wildman–Crippen LogP) is 3.61. The molecule has 0 saturated carbocycles. The Morgan fingerprint density at radius 3 is 2.60 bits per heavy atom. The normalized spacial score (nSPS) is 17.2. The van der Waals surface area contributed by atoms with Gasteiger partial charge in [-0.1, -0.05) is 48.5 Å². The van der Waals surface area contributed by atoms with Crippen molar-refractivity contribution in [3.63, 3.8) is 0 Å². The van der Waals surface area contributed by atoms with Crippen molar-refractivity contribution >= 4 is 23.6 Å². The number of rotatable bonds is 5. The molecule has 0 spiro atoms. The molecule has 0 saturated heterocycles. The van der Waals surface area contributed by atoms with Crippen molar-refractivity contribution < 1.29 is 9.59 Å². The van der Waals surface area contributed by atoms with Gasteiger partial charge in [0.15, 0.2) is 0 Å². The third kappa shape index (κ3) is 4.63. The summed E-state index contributed by atoms with van der Waals surface area (Å²) in [6.07, 6.45) is 1.15. The standard InChI is InChI=1S/C20H22N2O2S/c1-14(23)21-18(15-7-3-2-4-8-15)13-20(24)22-17-11-12-25-19-10-6-5-9-16(17)19/h2-10,17-18H,11-13H2,1H3,(H,21,23)(H,22,24)/t17-,18-/m1/s1. The molecule has 2 atom stereocenters. The predicted molar refractivity (Wildman–Crippen MR) is 100 cm³/mol. The SMILES string of the molecule is CC(=O)N[C@H](CC(=O)N[C@@H]1CCSc2ccccc21)c1ccccc1. The molecule has 0 unspecified atom stereocenters. The fourth-order valence-electron chi connectivity index (χ4n) is 3.11. The summed E-state index contributed by atoms with van der Waals surface area (Å²) in [5.41, 5.74) is 2.12. The topological polar surface area (TPSA) is 58.2 Å². The summed E-state index contributed by atoms with van der Waals surface area (Å²) in [4.78, 5) is 25.4. The van der Waals surface area contributed by atoms with Crippen molar-refractivity contribution in [2.45, 2.75) is 36.7 Å². The number of carbonyl (C=O) groups is 2. The first-order chi connectivity index (χ1) is 12.1.